The Balaban J connectivity index is 2.10. The number of rotatable bonds is 63. The third kappa shape index (κ3) is 47.7. The van der Waals surface area contributed by atoms with Gasteiger partial charge in [-0.05, 0) is 12.8 Å². The normalized spacial score (nSPS) is 18.5. The molecule has 1 aliphatic rings. The molecular weight excluding hydrogens is 971 g/mol. The van der Waals surface area contributed by atoms with E-state index in [1.807, 2.05) is 0 Å². The monoisotopic (exact) mass is 1110 g/mol. The molecule has 0 aromatic carbocycles. The average Bonchev–Trinajstić information content (AvgIpc) is 3.45. The van der Waals surface area contributed by atoms with Crippen molar-refractivity contribution in [1.82, 2.24) is 5.32 Å². The van der Waals surface area contributed by atoms with Crippen LogP contribution in [0.5, 0.6) is 0 Å². The van der Waals surface area contributed by atoms with E-state index in [0.717, 1.165) is 38.5 Å². The van der Waals surface area contributed by atoms with Crippen molar-refractivity contribution in [3.05, 3.63) is 0 Å². The molecule has 78 heavy (non-hydrogen) atoms. The molecule has 0 spiro atoms. The summed E-state index contributed by atoms with van der Waals surface area (Å²) >= 11 is 0. The lowest BCUT2D eigenvalue weighted by molar-refractivity contribution is -0.302. The molecule has 0 saturated carbocycles. The number of aliphatic hydroxyl groups excluding tert-OH is 5. The molecule has 0 aromatic rings. The van der Waals surface area contributed by atoms with Gasteiger partial charge in [-0.15, -0.1) is 0 Å². The molecule has 1 rings (SSSR count). The number of unbranched alkanes of at least 4 members (excludes halogenated alkanes) is 53. The Hall–Kier alpha value is -0.810. The molecule has 0 aromatic heterocycles. The molecule has 9 heteroatoms. The van der Waals surface area contributed by atoms with Crippen molar-refractivity contribution in [3.63, 3.8) is 0 Å². The quantitative estimate of drug-likeness (QED) is 0.0330. The maximum Gasteiger partial charge on any atom is 0.220 e. The van der Waals surface area contributed by atoms with Crippen LogP contribution < -0.4 is 5.32 Å². The van der Waals surface area contributed by atoms with E-state index >= 15 is 0 Å². The van der Waals surface area contributed by atoms with Crippen LogP contribution in [0.4, 0.5) is 0 Å². The SMILES string of the molecule is CCCCCCCCCCCCCCCCCCCCCCCCCCCCCCC(O)C(COC1OC(CO)C(O)C(O)C1O)NC(=O)CCCCCCCCCCCCCCCCCCCCCCCCCCCCC. The molecule has 1 amide bonds. The van der Waals surface area contributed by atoms with Crippen molar-refractivity contribution in [1.29, 1.82) is 0 Å². The third-order valence-corrected chi connectivity index (χ3v) is 17.5. The first-order valence-corrected chi connectivity index (χ1v) is 35.2. The van der Waals surface area contributed by atoms with Gasteiger partial charge in [0.2, 0.25) is 5.91 Å². The summed E-state index contributed by atoms with van der Waals surface area (Å²) in [6.45, 7) is 3.91. The first-order valence-electron chi connectivity index (χ1n) is 35.2. The summed E-state index contributed by atoms with van der Waals surface area (Å²) in [5.41, 5.74) is 0. The van der Waals surface area contributed by atoms with Gasteiger partial charge in [0.25, 0.3) is 0 Å². The van der Waals surface area contributed by atoms with E-state index in [1.165, 1.54) is 315 Å². The maximum absolute atomic E-state index is 13.1. The highest BCUT2D eigenvalue weighted by Gasteiger charge is 2.44. The Kier molecular flexibility index (Phi) is 57.2. The predicted molar refractivity (Wildman–Crippen MR) is 332 cm³/mol. The summed E-state index contributed by atoms with van der Waals surface area (Å²) in [4.78, 5) is 13.1. The van der Waals surface area contributed by atoms with Crippen molar-refractivity contribution in [2.75, 3.05) is 13.2 Å². The first kappa shape index (κ1) is 75.2. The largest absolute Gasteiger partial charge is 0.394 e. The smallest absolute Gasteiger partial charge is 0.220 e. The van der Waals surface area contributed by atoms with E-state index in [4.69, 9.17) is 9.47 Å². The highest BCUT2D eigenvalue weighted by Crippen LogP contribution is 2.24. The maximum atomic E-state index is 13.1. The van der Waals surface area contributed by atoms with Gasteiger partial charge < -0.3 is 40.3 Å². The van der Waals surface area contributed by atoms with Gasteiger partial charge in [0.05, 0.1) is 25.4 Å². The number of aliphatic hydroxyl groups is 5. The van der Waals surface area contributed by atoms with Gasteiger partial charge >= 0.3 is 0 Å². The summed E-state index contributed by atoms with van der Waals surface area (Å²) in [7, 11) is 0. The molecular formula is C69H137NO8. The summed E-state index contributed by atoms with van der Waals surface area (Å²) < 4.78 is 11.4. The van der Waals surface area contributed by atoms with Crippen LogP contribution in [0.25, 0.3) is 0 Å². The zero-order valence-corrected chi connectivity index (χ0v) is 52.2. The number of ether oxygens (including phenoxy) is 2. The first-order chi connectivity index (χ1) is 38.3. The fourth-order valence-electron chi connectivity index (χ4n) is 11.9. The molecule has 1 aliphatic heterocycles. The number of nitrogens with one attached hydrogen (secondary N) is 1. The fraction of sp³-hybridized carbons (Fsp3) is 0.986. The van der Waals surface area contributed by atoms with E-state index in [0.29, 0.717) is 12.8 Å². The molecule has 0 aliphatic carbocycles. The second kappa shape index (κ2) is 59.4. The van der Waals surface area contributed by atoms with E-state index in [2.05, 4.69) is 19.2 Å². The molecule has 9 nitrogen and oxygen atoms in total. The minimum Gasteiger partial charge on any atom is -0.394 e. The van der Waals surface area contributed by atoms with Crippen LogP contribution in [0, 0.1) is 0 Å². The Morgan fingerprint density at radius 1 is 0.385 bits per heavy atom. The summed E-state index contributed by atoms with van der Waals surface area (Å²) in [6.07, 6.45) is 67.5. The molecule has 1 fully saturated rings. The number of amides is 1. The summed E-state index contributed by atoms with van der Waals surface area (Å²) in [6, 6.07) is -0.715. The predicted octanol–water partition coefficient (Wildman–Crippen LogP) is 18.9. The number of hydrogen-bond donors (Lipinski definition) is 6. The number of carbonyl (C=O) groups is 1. The minimum absolute atomic E-state index is 0.130. The van der Waals surface area contributed by atoms with Crippen LogP contribution in [0.3, 0.4) is 0 Å². The lowest BCUT2D eigenvalue weighted by Crippen LogP contribution is -2.60. The average molecular weight is 1110 g/mol. The van der Waals surface area contributed by atoms with Gasteiger partial charge in [-0.2, -0.15) is 0 Å². The molecule has 6 N–H and O–H groups in total. The van der Waals surface area contributed by atoms with Crippen LogP contribution in [0.15, 0.2) is 0 Å². The lowest BCUT2D eigenvalue weighted by atomic mass is 9.99. The van der Waals surface area contributed by atoms with E-state index < -0.39 is 49.5 Å². The number of carbonyl (C=O) groups excluding carboxylic acids is 1. The molecule has 1 saturated heterocycles. The zero-order valence-electron chi connectivity index (χ0n) is 52.2. The van der Waals surface area contributed by atoms with Crippen molar-refractivity contribution in [2.24, 2.45) is 0 Å². The molecule has 0 bridgehead atoms. The topological polar surface area (TPSA) is 149 Å². The van der Waals surface area contributed by atoms with Crippen LogP contribution in [-0.2, 0) is 14.3 Å². The van der Waals surface area contributed by atoms with Crippen LogP contribution in [0.2, 0.25) is 0 Å². The van der Waals surface area contributed by atoms with Gasteiger partial charge in [0.1, 0.15) is 24.4 Å². The van der Waals surface area contributed by atoms with Crippen LogP contribution >= 0.6 is 0 Å². The third-order valence-electron chi connectivity index (χ3n) is 17.5. The van der Waals surface area contributed by atoms with Gasteiger partial charge in [0.15, 0.2) is 6.29 Å². The minimum atomic E-state index is -1.55. The van der Waals surface area contributed by atoms with Crippen molar-refractivity contribution < 1.29 is 39.8 Å². The van der Waals surface area contributed by atoms with E-state index in [1.54, 1.807) is 0 Å². The van der Waals surface area contributed by atoms with Gasteiger partial charge in [-0.3, -0.25) is 4.79 Å². The van der Waals surface area contributed by atoms with Crippen molar-refractivity contribution in [3.8, 4) is 0 Å². The van der Waals surface area contributed by atoms with Crippen molar-refractivity contribution in [2.45, 2.75) is 423 Å². The van der Waals surface area contributed by atoms with E-state index in [-0.39, 0.29) is 12.5 Å². The highest BCUT2D eigenvalue weighted by atomic mass is 16.7. The Morgan fingerprint density at radius 2 is 0.641 bits per heavy atom. The molecule has 0 radical (unpaired) electrons. The second-order valence-electron chi connectivity index (χ2n) is 25.0. The highest BCUT2D eigenvalue weighted by molar-refractivity contribution is 5.76. The summed E-state index contributed by atoms with van der Waals surface area (Å²) in [5, 5.41) is 54.9. The molecule has 7 atom stereocenters. The van der Waals surface area contributed by atoms with Gasteiger partial charge in [-0.1, -0.05) is 361 Å². The molecule has 466 valence electrons. The number of hydrogen-bond acceptors (Lipinski definition) is 8. The van der Waals surface area contributed by atoms with Crippen molar-refractivity contribution >= 4 is 5.91 Å². The van der Waals surface area contributed by atoms with E-state index in [9.17, 15) is 30.3 Å². The second-order valence-corrected chi connectivity index (χ2v) is 25.0. The van der Waals surface area contributed by atoms with Gasteiger partial charge in [-0.25, -0.2) is 0 Å². The summed E-state index contributed by atoms with van der Waals surface area (Å²) in [5.74, 6) is -0.133. The Bertz CT molecular complexity index is 1190. The molecule has 1 heterocycles. The molecule has 7 unspecified atom stereocenters. The standard InChI is InChI=1S/C69H137NO8/c1-3-5-7-9-11-13-15-17-19-21-23-25-27-29-31-33-34-36-38-40-42-44-46-48-50-52-54-56-58-63(72)62(61-77-69-68(76)67(75)66(74)64(60-71)78-69)70-65(73)59-57-55-53-51-49-47-45-43-41-39-37-35-32-30-28-26-24-22-20-18-16-14-12-10-8-6-4-2/h62-64,66-69,71-72,74-76H,3-61H2,1-2H3,(H,70,73). The zero-order chi connectivity index (χ0) is 56.5. The van der Waals surface area contributed by atoms with Gasteiger partial charge in [0, 0.05) is 6.42 Å². The Labute approximate surface area is 484 Å². The Morgan fingerprint density at radius 3 is 0.910 bits per heavy atom. The van der Waals surface area contributed by atoms with Crippen LogP contribution in [-0.4, -0.2) is 87.5 Å². The lowest BCUT2D eigenvalue weighted by Gasteiger charge is -2.40. The fourth-order valence-corrected chi connectivity index (χ4v) is 11.9. The van der Waals surface area contributed by atoms with Crippen LogP contribution in [0.1, 0.15) is 380 Å².